The summed E-state index contributed by atoms with van der Waals surface area (Å²) in [4.78, 5) is 12.7. The number of piperidine rings is 1. The molecule has 1 rings (SSSR count). The first-order chi connectivity index (χ1) is 5.77. The summed E-state index contributed by atoms with van der Waals surface area (Å²) in [5.74, 6) is 0.287. The fourth-order valence-electron chi connectivity index (χ4n) is 3.09. The Hall–Kier alpha value is -0.370. The highest BCUT2D eigenvalue weighted by molar-refractivity contribution is 5.64. The standard InChI is InChI=1S/C11H21NO/c1-9(13)12-10(2,3)7-6-8-11(12,4)5/h6-8H2,1-5H3/p+1. The first-order valence-electron chi connectivity index (χ1n) is 5.16. The van der Waals surface area contributed by atoms with Crippen molar-refractivity contribution in [3.8, 4) is 0 Å². The van der Waals surface area contributed by atoms with E-state index in [1.54, 1.807) is 6.92 Å². The second-order valence-corrected chi connectivity index (χ2v) is 5.55. The van der Waals surface area contributed by atoms with Crippen molar-refractivity contribution in [2.45, 2.75) is 65.0 Å². The first-order valence-corrected chi connectivity index (χ1v) is 5.16. The molecule has 1 aliphatic rings. The van der Waals surface area contributed by atoms with Gasteiger partial charge in [-0.15, -0.1) is 0 Å². The summed E-state index contributed by atoms with van der Waals surface area (Å²) in [7, 11) is 0. The highest BCUT2D eigenvalue weighted by Crippen LogP contribution is 2.22. The summed E-state index contributed by atoms with van der Waals surface area (Å²) in [5.41, 5.74) is 0.237. The molecule has 1 N–H and O–H groups in total. The normalized spacial score (nSPS) is 27.2. The van der Waals surface area contributed by atoms with Crippen LogP contribution in [0.3, 0.4) is 0 Å². The van der Waals surface area contributed by atoms with Gasteiger partial charge in [-0.1, -0.05) is 0 Å². The molecule has 1 fully saturated rings. The third kappa shape index (κ3) is 1.93. The number of rotatable bonds is 0. The minimum Gasteiger partial charge on any atom is -0.263 e. The molecule has 1 heterocycles. The third-order valence-corrected chi connectivity index (χ3v) is 3.31. The molecular formula is C11H22NO+. The zero-order valence-corrected chi connectivity index (χ0v) is 9.53. The van der Waals surface area contributed by atoms with Gasteiger partial charge in [0, 0.05) is 12.8 Å². The molecular weight excluding hydrogens is 162 g/mol. The zero-order valence-electron chi connectivity index (χ0n) is 9.53. The number of carbonyl (C=O) groups is 1. The van der Waals surface area contributed by atoms with Gasteiger partial charge in [0.15, 0.2) is 0 Å². The lowest BCUT2D eigenvalue weighted by Gasteiger charge is -2.47. The van der Waals surface area contributed by atoms with E-state index in [1.165, 1.54) is 6.42 Å². The quantitative estimate of drug-likeness (QED) is 0.599. The fraction of sp³-hybridized carbons (Fsp3) is 0.909. The lowest BCUT2D eigenvalue weighted by Crippen LogP contribution is -3.28. The van der Waals surface area contributed by atoms with Crippen LogP contribution in [-0.2, 0) is 4.79 Å². The van der Waals surface area contributed by atoms with Crippen molar-refractivity contribution in [3.63, 3.8) is 0 Å². The Bertz CT molecular complexity index is 202. The van der Waals surface area contributed by atoms with Crippen molar-refractivity contribution >= 4 is 5.91 Å². The molecule has 1 saturated heterocycles. The van der Waals surface area contributed by atoms with E-state index in [4.69, 9.17) is 0 Å². The van der Waals surface area contributed by atoms with Crippen LogP contribution in [0, 0.1) is 0 Å². The molecule has 0 bridgehead atoms. The van der Waals surface area contributed by atoms with Gasteiger partial charge in [-0.3, -0.25) is 4.90 Å². The van der Waals surface area contributed by atoms with Gasteiger partial charge in [-0.25, -0.2) is 4.79 Å². The Labute approximate surface area is 81.3 Å². The second-order valence-electron chi connectivity index (χ2n) is 5.55. The molecule has 0 radical (unpaired) electrons. The lowest BCUT2D eigenvalue weighted by molar-refractivity contribution is -0.928. The van der Waals surface area contributed by atoms with Crippen molar-refractivity contribution in [2.75, 3.05) is 0 Å². The number of hydrogen-bond donors (Lipinski definition) is 1. The maximum atomic E-state index is 11.6. The number of carbonyl (C=O) groups excluding carboxylic acids is 1. The van der Waals surface area contributed by atoms with E-state index in [-0.39, 0.29) is 17.0 Å². The Balaban J connectivity index is 2.98. The van der Waals surface area contributed by atoms with Crippen molar-refractivity contribution < 1.29 is 9.69 Å². The molecule has 0 unspecified atom stereocenters. The summed E-state index contributed by atoms with van der Waals surface area (Å²) in [6.07, 6.45) is 3.56. The molecule has 0 saturated carbocycles. The van der Waals surface area contributed by atoms with Crippen LogP contribution in [0.2, 0.25) is 0 Å². The summed E-state index contributed by atoms with van der Waals surface area (Å²) in [5, 5.41) is 0. The van der Waals surface area contributed by atoms with E-state index in [9.17, 15) is 4.79 Å². The Kier molecular flexibility index (Phi) is 2.54. The minimum atomic E-state index is 0.119. The monoisotopic (exact) mass is 184 g/mol. The van der Waals surface area contributed by atoms with Crippen LogP contribution >= 0.6 is 0 Å². The van der Waals surface area contributed by atoms with E-state index >= 15 is 0 Å². The van der Waals surface area contributed by atoms with Crippen molar-refractivity contribution in [1.82, 2.24) is 0 Å². The van der Waals surface area contributed by atoms with Crippen LogP contribution < -0.4 is 4.90 Å². The minimum absolute atomic E-state index is 0.119. The van der Waals surface area contributed by atoms with Crippen LogP contribution in [0.25, 0.3) is 0 Å². The van der Waals surface area contributed by atoms with Gasteiger partial charge in [-0.2, -0.15) is 0 Å². The summed E-state index contributed by atoms with van der Waals surface area (Å²) in [6.45, 7) is 10.5. The molecule has 0 atom stereocenters. The molecule has 13 heavy (non-hydrogen) atoms. The number of likely N-dealkylation sites (tertiary alicyclic amines) is 1. The van der Waals surface area contributed by atoms with Gasteiger partial charge < -0.3 is 0 Å². The molecule has 0 aliphatic carbocycles. The molecule has 0 spiro atoms. The van der Waals surface area contributed by atoms with Gasteiger partial charge in [0.05, 0.1) is 18.0 Å². The molecule has 1 aliphatic heterocycles. The van der Waals surface area contributed by atoms with Crippen molar-refractivity contribution in [2.24, 2.45) is 0 Å². The Morgan fingerprint density at radius 1 is 1.08 bits per heavy atom. The maximum Gasteiger partial charge on any atom is 0.309 e. The van der Waals surface area contributed by atoms with E-state index in [1.807, 2.05) is 0 Å². The van der Waals surface area contributed by atoms with E-state index in [2.05, 4.69) is 27.7 Å². The van der Waals surface area contributed by atoms with Crippen molar-refractivity contribution in [3.05, 3.63) is 0 Å². The zero-order chi connectivity index (χ0) is 10.3. The van der Waals surface area contributed by atoms with Gasteiger partial charge in [0.25, 0.3) is 0 Å². The molecule has 2 nitrogen and oxygen atoms in total. The van der Waals surface area contributed by atoms with Gasteiger partial charge in [0.1, 0.15) is 0 Å². The van der Waals surface area contributed by atoms with Crippen LogP contribution in [0.15, 0.2) is 0 Å². The van der Waals surface area contributed by atoms with E-state index in [0.717, 1.165) is 17.7 Å². The first kappa shape index (κ1) is 10.7. The topological polar surface area (TPSA) is 21.5 Å². The Morgan fingerprint density at radius 3 is 1.69 bits per heavy atom. The molecule has 0 aromatic heterocycles. The number of hydrogen-bond acceptors (Lipinski definition) is 1. The average Bonchev–Trinajstić information content (AvgIpc) is 1.79. The molecule has 0 aromatic rings. The van der Waals surface area contributed by atoms with Crippen LogP contribution in [0.5, 0.6) is 0 Å². The highest BCUT2D eigenvalue weighted by Gasteiger charge is 2.47. The summed E-state index contributed by atoms with van der Waals surface area (Å²) in [6, 6.07) is 0. The van der Waals surface area contributed by atoms with Crippen LogP contribution in [0.1, 0.15) is 53.9 Å². The van der Waals surface area contributed by atoms with Crippen molar-refractivity contribution in [1.29, 1.82) is 0 Å². The molecule has 76 valence electrons. The lowest BCUT2D eigenvalue weighted by atomic mass is 9.80. The Morgan fingerprint density at radius 2 is 1.46 bits per heavy atom. The maximum absolute atomic E-state index is 11.6. The van der Waals surface area contributed by atoms with Gasteiger partial charge in [0.2, 0.25) is 0 Å². The smallest absolute Gasteiger partial charge is 0.263 e. The van der Waals surface area contributed by atoms with E-state index in [0.29, 0.717) is 0 Å². The third-order valence-electron chi connectivity index (χ3n) is 3.31. The van der Waals surface area contributed by atoms with E-state index < -0.39 is 0 Å². The number of quaternary nitrogens is 1. The SMILES string of the molecule is CC(=O)[NH+]1C(C)(C)CCCC1(C)C. The fourth-order valence-corrected chi connectivity index (χ4v) is 3.09. The van der Waals surface area contributed by atoms with Gasteiger partial charge >= 0.3 is 5.91 Å². The van der Waals surface area contributed by atoms with Crippen LogP contribution in [-0.4, -0.2) is 17.0 Å². The highest BCUT2D eigenvalue weighted by atomic mass is 16.2. The van der Waals surface area contributed by atoms with Gasteiger partial charge in [-0.05, 0) is 34.1 Å². The predicted octanol–water partition coefficient (Wildman–Crippen LogP) is 1.16. The number of amides is 1. The number of nitrogens with one attached hydrogen (secondary N) is 1. The summed E-state index contributed by atoms with van der Waals surface area (Å²) >= 11 is 0. The largest absolute Gasteiger partial charge is 0.309 e. The second kappa shape index (κ2) is 3.09. The molecule has 2 heteroatoms. The molecule has 1 amide bonds. The predicted molar refractivity (Wildman–Crippen MR) is 53.7 cm³/mol. The van der Waals surface area contributed by atoms with Crippen LogP contribution in [0.4, 0.5) is 0 Å². The summed E-state index contributed by atoms with van der Waals surface area (Å²) < 4.78 is 0. The average molecular weight is 184 g/mol. The molecule has 0 aromatic carbocycles.